The summed E-state index contributed by atoms with van der Waals surface area (Å²) in [5.74, 6) is -0.269. The van der Waals surface area contributed by atoms with Crippen LogP contribution in [0, 0.1) is 13.8 Å². The molecule has 1 amide bonds. The molecule has 0 fully saturated rings. The Morgan fingerprint density at radius 2 is 2.00 bits per heavy atom. The van der Waals surface area contributed by atoms with E-state index in [1.165, 1.54) is 4.57 Å². The molecule has 0 radical (unpaired) electrons. The van der Waals surface area contributed by atoms with Crippen molar-refractivity contribution in [1.82, 2.24) is 24.6 Å². The van der Waals surface area contributed by atoms with Crippen LogP contribution in [-0.2, 0) is 13.6 Å². The molecule has 7 nitrogen and oxygen atoms in total. The highest BCUT2D eigenvalue weighted by Crippen LogP contribution is 2.07. The van der Waals surface area contributed by atoms with Crippen LogP contribution in [0.1, 0.15) is 22.0 Å². The first-order valence-corrected chi connectivity index (χ1v) is 7.72. The van der Waals surface area contributed by atoms with Crippen LogP contribution in [0.2, 0.25) is 0 Å². The van der Waals surface area contributed by atoms with Crippen LogP contribution in [0.4, 0.5) is 0 Å². The van der Waals surface area contributed by atoms with Crippen molar-refractivity contribution in [3.63, 3.8) is 0 Å². The first-order chi connectivity index (χ1) is 11.5. The molecule has 0 aliphatic heterocycles. The lowest BCUT2D eigenvalue weighted by atomic mass is 10.2. The van der Waals surface area contributed by atoms with Crippen LogP contribution >= 0.6 is 0 Å². The lowest BCUT2D eigenvalue weighted by Gasteiger charge is -2.10. The zero-order chi connectivity index (χ0) is 17.3. The molecule has 2 aromatic heterocycles. The van der Waals surface area contributed by atoms with E-state index in [2.05, 4.69) is 15.4 Å². The van der Waals surface area contributed by atoms with E-state index in [1.807, 2.05) is 24.6 Å². The van der Waals surface area contributed by atoms with Crippen LogP contribution in [-0.4, -0.2) is 31.8 Å². The summed E-state index contributed by atoms with van der Waals surface area (Å²) in [5.41, 5.74) is 2.27. The number of para-hydroxylation sites is 1. The fourth-order valence-corrected chi connectivity index (χ4v) is 2.68. The van der Waals surface area contributed by atoms with Gasteiger partial charge >= 0.3 is 0 Å². The average Bonchev–Trinajstić information content (AvgIpc) is 2.88. The van der Waals surface area contributed by atoms with E-state index in [0.29, 0.717) is 24.0 Å². The van der Waals surface area contributed by atoms with Crippen LogP contribution in [0.15, 0.2) is 35.1 Å². The minimum Gasteiger partial charge on any atom is -0.348 e. The number of benzene rings is 1. The average molecular weight is 325 g/mol. The van der Waals surface area contributed by atoms with Crippen molar-refractivity contribution < 1.29 is 4.79 Å². The number of nitrogens with one attached hydrogen (secondary N) is 1. The number of hydrogen-bond donors (Lipinski definition) is 1. The second-order valence-corrected chi connectivity index (χ2v) is 5.72. The van der Waals surface area contributed by atoms with Gasteiger partial charge in [-0.2, -0.15) is 5.10 Å². The minimum atomic E-state index is -0.373. The largest absolute Gasteiger partial charge is 0.348 e. The van der Waals surface area contributed by atoms with Gasteiger partial charge in [-0.05, 0) is 32.0 Å². The molecule has 1 aromatic carbocycles. The summed E-state index contributed by atoms with van der Waals surface area (Å²) in [6.07, 6.45) is 0. The van der Waals surface area contributed by atoms with Crippen molar-refractivity contribution in [2.75, 3.05) is 6.54 Å². The molecule has 0 bridgehead atoms. The molecule has 24 heavy (non-hydrogen) atoms. The Balaban J connectivity index is 1.78. The van der Waals surface area contributed by atoms with Crippen molar-refractivity contribution in [2.45, 2.75) is 20.4 Å². The molecule has 0 unspecified atom stereocenters. The summed E-state index contributed by atoms with van der Waals surface area (Å²) < 4.78 is 3.11. The first kappa shape index (κ1) is 15.9. The molecule has 7 heteroatoms. The van der Waals surface area contributed by atoms with Crippen molar-refractivity contribution in [2.24, 2.45) is 7.05 Å². The van der Waals surface area contributed by atoms with Gasteiger partial charge in [0, 0.05) is 19.3 Å². The van der Waals surface area contributed by atoms with Gasteiger partial charge in [0.2, 0.25) is 5.82 Å². The number of fused-ring (bicyclic) bond motifs is 1. The number of aromatic nitrogens is 4. The van der Waals surface area contributed by atoms with Crippen LogP contribution in [0.5, 0.6) is 0 Å². The maximum absolute atomic E-state index is 12.4. The fourth-order valence-electron chi connectivity index (χ4n) is 2.68. The van der Waals surface area contributed by atoms with Gasteiger partial charge in [0.1, 0.15) is 0 Å². The van der Waals surface area contributed by atoms with Crippen molar-refractivity contribution in [3.05, 3.63) is 57.9 Å². The van der Waals surface area contributed by atoms with Crippen molar-refractivity contribution in [1.29, 1.82) is 0 Å². The third-order valence-corrected chi connectivity index (χ3v) is 3.90. The van der Waals surface area contributed by atoms with E-state index < -0.39 is 0 Å². The number of nitrogens with zero attached hydrogens (tertiary/aromatic N) is 4. The van der Waals surface area contributed by atoms with Gasteiger partial charge in [0.15, 0.2) is 0 Å². The molecule has 3 rings (SSSR count). The SMILES string of the molecule is Cc1cc(C)n(CCNC(=O)c2nc3ccccc3c(=O)n2C)n1. The quantitative estimate of drug-likeness (QED) is 0.781. The van der Waals surface area contributed by atoms with Crippen molar-refractivity contribution in [3.8, 4) is 0 Å². The molecular weight excluding hydrogens is 306 g/mol. The molecule has 2 heterocycles. The second kappa shape index (κ2) is 6.27. The van der Waals surface area contributed by atoms with Gasteiger partial charge in [-0.3, -0.25) is 18.8 Å². The van der Waals surface area contributed by atoms with Gasteiger partial charge in [-0.1, -0.05) is 12.1 Å². The molecule has 0 aliphatic carbocycles. The van der Waals surface area contributed by atoms with Crippen LogP contribution in [0.25, 0.3) is 10.9 Å². The van der Waals surface area contributed by atoms with E-state index in [9.17, 15) is 9.59 Å². The Bertz CT molecular complexity index is 971. The summed E-state index contributed by atoms with van der Waals surface area (Å²) in [7, 11) is 1.55. The zero-order valence-corrected chi connectivity index (χ0v) is 13.9. The second-order valence-electron chi connectivity index (χ2n) is 5.72. The number of carbonyl (C=O) groups excluding carboxylic acids is 1. The summed E-state index contributed by atoms with van der Waals surface area (Å²) >= 11 is 0. The number of carbonyl (C=O) groups is 1. The summed E-state index contributed by atoms with van der Waals surface area (Å²) in [4.78, 5) is 29.0. The summed E-state index contributed by atoms with van der Waals surface area (Å²) in [6.45, 7) is 4.86. The molecule has 3 aromatic rings. The molecule has 0 saturated carbocycles. The van der Waals surface area contributed by atoms with E-state index in [1.54, 1.807) is 31.3 Å². The van der Waals surface area contributed by atoms with Gasteiger partial charge in [-0.25, -0.2) is 4.98 Å². The fraction of sp³-hybridized carbons (Fsp3) is 0.294. The molecule has 0 aliphatic rings. The summed E-state index contributed by atoms with van der Waals surface area (Å²) in [6, 6.07) is 8.98. The van der Waals surface area contributed by atoms with E-state index in [4.69, 9.17) is 0 Å². The van der Waals surface area contributed by atoms with E-state index in [-0.39, 0.29) is 17.3 Å². The molecule has 0 spiro atoms. The summed E-state index contributed by atoms with van der Waals surface area (Å²) in [5, 5.41) is 7.64. The number of rotatable bonds is 4. The molecular formula is C17H19N5O2. The molecule has 0 saturated heterocycles. The smallest absolute Gasteiger partial charge is 0.287 e. The maximum atomic E-state index is 12.4. The monoisotopic (exact) mass is 325 g/mol. The Morgan fingerprint density at radius 3 is 2.71 bits per heavy atom. The normalized spacial score (nSPS) is 11.0. The molecule has 124 valence electrons. The third kappa shape index (κ3) is 2.92. The molecule has 0 atom stereocenters. The highest BCUT2D eigenvalue weighted by molar-refractivity contribution is 5.92. The third-order valence-electron chi connectivity index (χ3n) is 3.90. The Hall–Kier alpha value is -2.96. The van der Waals surface area contributed by atoms with E-state index in [0.717, 1.165) is 11.4 Å². The number of hydrogen-bond acceptors (Lipinski definition) is 4. The van der Waals surface area contributed by atoms with Crippen LogP contribution in [0.3, 0.4) is 0 Å². The lowest BCUT2D eigenvalue weighted by molar-refractivity contribution is 0.0937. The topological polar surface area (TPSA) is 81.8 Å². The standard InChI is InChI=1S/C17H19N5O2/c1-11-10-12(2)22(20-11)9-8-18-16(23)15-19-14-7-5-4-6-13(14)17(24)21(15)3/h4-7,10H,8-9H2,1-3H3,(H,18,23). The predicted molar refractivity (Wildman–Crippen MR) is 91.0 cm³/mol. The highest BCUT2D eigenvalue weighted by atomic mass is 16.2. The Labute approximate surface area is 138 Å². The van der Waals surface area contributed by atoms with Crippen LogP contribution < -0.4 is 10.9 Å². The maximum Gasteiger partial charge on any atom is 0.287 e. The van der Waals surface area contributed by atoms with Gasteiger partial charge in [-0.15, -0.1) is 0 Å². The van der Waals surface area contributed by atoms with Gasteiger partial charge in [0.05, 0.1) is 23.1 Å². The minimum absolute atomic E-state index is 0.104. The predicted octanol–water partition coefficient (Wildman–Crippen LogP) is 1.18. The van der Waals surface area contributed by atoms with Gasteiger partial charge < -0.3 is 5.32 Å². The number of aryl methyl sites for hydroxylation is 2. The van der Waals surface area contributed by atoms with E-state index >= 15 is 0 Å². The first-order valence-electron chi connectivity index (χ1n) is 7.72. The Morgan fingerprint density at radius 1 is 1.25 bits per heavy atom. The van der Waals surface area contributed by atoms with Gasteiger partial charge in [0.25, 0.3) is 11.5 Å². The lowest BCUT2D eigenvalue weighted by Crippen LogP contribution is -2.34. The zero-order valence-electron chi connectivity index (χ0n) is 13.9. The van der Waals surface area contributed by atoms with Crippen molar-refractivity contribution >= 4 is 16.8 Å². The highest BCUT2D eigenvalue weighted by Gasteiger charge is 2.14. The molecule has 1 N–H and O–H groups in total. The number of amides is 1. The Kier molecular flexibility index (Phi) is 4.16.